The number of nitrogens with zero attached hydrogens (tertiary/aromatic N) is 2. The summed E-state index contributed by atoms with van der Waals surface area (Å²) in [6, 6.07) is 6.02. The van der Waals surface area contributed by atoms with E-state index in [0.717, 1.165) is 18.6 Å². The van der Waals surface area contributed by atoms with Gasteiger partial charge in [-0.1, -0.05) is 6.92 Å². The van der Waals surface area contributed by atoms with Crippen molar-refractivity contribution in [2.75, 3.05) is 19.6 Å². The number of piperazine rings is 1. The molecule has 2 fully saturated rings. The Balaban J connectivity index is 1.69. The fourth-order valence-corrected chi connectivity index (χ4v) is 4.87. The van der Waals surface area contributed by atoms with Crippen LogP contribution < -0.4 is 0 Å². The maximum Gasteiger partial charge on any atom is 0.0701 e. The molecule has 2 unspecified atom stereocenters. The van der Waals surface area contributed by atoms with Crippen molar-refractivity contribution < 1.29 is 0 Å². The van der Waals surface area contributed by atoms with Gasteiger partial charge in [-0.15, -0.1) is 11.3 Å². The van der Waals surface area contributed by atoms with Crippen LogP contribution in [0.1, 0.15) is 31.1 Å². The summed E-state index contributed by atoms with van der Waals surface area (Å²) in [5.41, 5.74) is 0. The molecule has 1 aromatic heterocycles. The second-order valence-corrected chi connectivity index (χ2v) is 8.04. The van der Waals surface area contributed by atoms with Crippen molar-refractivity contribution in [3.63, 3.8) is 0 Å². The van der Waals surface area contributed by atoms with E-state index in [9.17, 15) is 0 Å². The molecule has 0 aromatic carbocycles. The molecule has 0 amide bonds. The van der Waals surface area contributed by atoms with Crippen LogP contribution in [0.4, 0.5) is 0 Å². The number of fused-ring (bicyclic) bond motifs is 1. The van der Waals surface area contributed by atoms with Crippen LogP contribution in [0.5, 0.6) is 0 Å². The number of thiophene rings is 1. The summed E-state index contributed by atoms with van der Waals surface area (Å²) in [6.07, 6.45) is 4.08. The van der Waals surface area contributed by atoms with Gasteiger partial charge in [0.15, 0.2) is 0 Å². The zero-order valence-electron chi connectivity index (χ0n) is 10.9. The smallest absolute Gasteiger partial charge is 0.0701 e. The van der Waals surface area contributed by atoms with Crippen LogP contribution in [-0.4, -0.2) is 41.5 Å². The standard InChI is InChI=1S/C14H21BrN2S/c1-2-11-8-16-7-3-4-12(16)9-17(11)10-13-5-6-14(15)18-13/h5-6,11-12H,2-4,7-10H2,1H3. The fourth-order valence-electron chi connectivity index (χ4n) is 3.37. The summed E-state index contributed by atoms with van der Waals surface area (Å²) in [6.45, 7) is 7.36. The first kappa shape index (κ1) is 13.1. The van der Waals surface area contributed by atoms with Gasteiger partial charge in [0, 0.05) is 36.6 Å². The summed E-state index contributed by atoms with van der Waals surface area (Å²) >= 11 is 5.45. The summed E-state index contributed by atoms with van der Waals surface area (Å²) < 4.78 is 1.25. The third kappa shape index (κ3) is 2.67. The molecule has 0 bridgehead atoms. The topological polar surface area (TPSA) is 6.48 Å². The molecule has 0 radical (unpaired) electrons. The third-order valence-electron chi connectivity index (χ3n) is 4.37. The highest BCUT2D eigenvalue weighted by Gasteiger charge is 2.35. The predicted octanol–water partition coefficient (Wildman–Crippen LogP) is 3.57. The van der Waals surface area contributed by atoms with E-state index in [-0.39, 0.29) is 0 Å². The van der Waals surface area contributed by atoms with E-state index >= 15 is 0 Å². The van der Waals surface area contributed by atoms with Gasteiger partial charge in [-0.25, -0.2) is 0 Å². The van der Waals surface area contributed by atoms with Crippen LogP contribution in [0.2, 0.25) is 0 Å². The molecule has 100 valence electrons. The van der Waals surface area contributed by atoms with Crippen molar-refractivity contribution in [3.05, 3.63) is 20.8 Å². The molecule has 1 aromatic rings. The summed E-state index contributed by atoms with van der Waals surface area (Å²) in [5, 5.41) is 0. The molecule has 2 aliphatic heterocycles. The quantitative estimate of drug-likeness (QED) is 0.836. The second kappa shape index (κ2) is 5.61. The van der Waals surface area contributed by atoms with Crippen molar-refractivity contribution in [1.82, 2.24) is 9.80 Å². The van der Waals surface area contributed by atoms with Gasteiger partial charge in [-0.05, 0) is 53.9 Å². The van der Waals surface area contributed by atoms with Crippen LogP contribution in [-0.2, 0) is 6.54 Å². The Bertz CT molecular complexity index is 406. The minimum atomic E-state index is 0.750. The number of halogens is 1. The molecule has 2 saturated heterocycles. The molecule has 0 spiro atoms. The molecule has 18 heavy (non-hydrogen) atoms. The normalized spacial score (nSPS) is 29.7. The van der Waals surface area contributed by atoms with Crippen LogP contribution >= 0.6 is 27.3 Å². The first-order valence-corrected chi connectivity index (χ1v) is 8.59. The van der Waals surface area contributed by atoms with Crippen LogP contribution in [0.25, 0.3) is 0 Å². The SMILES string of the molecule is CCC1CN2CCCC2CN1Cc1ccc(Br)s1. The maximum absolute atomic E-state index is 3.57. The predicted molar refractivity (Wildman–Crippen MR) is 81.1 cm³/mol. The lowest BCUT2D eigenvalue weighted by Gasteiger charge is -2.43. The van der Waals surface area contributed by atoms with Gasteiger partial charge in [-0.3, -0.25) is 9.80 Å². The molecule has 0 aliphatic carbocycles. The second-order valence-electron chi connectivity index (χ2n) is 5.49. The number of hydrogen-bond acceptors (Lipinski definition) is 3. The van der Waals surface area contributed by atoms with E-state index in [0.29, 0.717) is 0 Å². The highest BCUT2D eigenvalue weighted by molar-refractivity contribution is 9.11. The molecule has 2 atom stereocenters. The van der Waals surface area contributed by atoms with Gasteiger partial charge in [0.1, 0.15) is 0 Å². The van der Waals surface area contributed by atoms with E-state index in [1.54, 1.807) is 0 Å². The summed E-state index contributed by atoms with van der Waals surface area (Å²) in [4.78, 5) is 6.92. The Kier molecular flexibility index (Phi) is 4.09. The zero-order chi connectivity index (χ0) is 12.5. The van der Waals surface area contributed by atoms with Crippen LogP contribution in [0.3, 0.4) is 0 Å². The van der Waals surface area contributed by atoms with Gasteiger partial charge >= 0.3 is 0 Å². The molecule has 4 heteroatoms. The van der Waals surface area contributed by atoms with E-state index < -0.39 is 0 Å². The van der Waals surface area contributed by atoms with Crippen molar-refractivity contribution in [3.8, 4) is 0 Å². The van der Waals surface area contributed by atoms with E-state index in [4.69, 9.17) is 0 Å². The summed E-state index contributed by atoms with van der Waals surface area (Å²) in [7, 11) is 0. The lowest BCUT2D eigenvalue weighted by molar-refractivity contribution is 0.0444. The largest absolute Gasteiger partial charge is 0.298 e. The summed E-state index contributed by atoms with van der Waals surface area (Å²) in [5.74, 6) is 0. The van der Waals surface area contributed by atoms with Gasteiger partial charge < -0.3 is 0 Å². The fraction of sp³-hybridized carbons (Fsp3) is 0.714. The van der Waals surface area contributed by atoms with Gasteiger partial charge in [-0.2, -0.15) is 0 Å². The highest BCUT2D eigenvalue weighted by Crippen LogP contribution is 2.29. The van der Waals surface area contributed by atoms with Gasteiger partial charge in [0.25, 0.3) is 0 Å². The van der Waals surface area contributed by atoms with E-state index in [1.807, 2.05) is 11.3 Å². The molecule has 2 nitrogen and oxygen atoms in total. The average Bonchev–Trinajstić information content (AvgIpc) is 2.97. The lowest BCUT2D eigenvalue weighted by Crippen LogP contribution is -2.55. The Morgan fingerprint density at radius 1 is 1.39 bits per heavy atom. The monoisotopic (exact) mass is 328 g/mol. The Hall–Kier alpha value is 0.1000. The van der Waals surface area contributed by atoms with Crippen molar-refractivity contribution in [2.45, 2.75) is 44.8 Å². The van der Waals surface area contributed by atoms with Crippen molar-refractivity contribution >= 4 is 27.3 Å². The molecule has 2 aliphatic rings. The Morgan fingerprint density at radius 2 is 2.28 bits per heavy atom. The molecule has 3 rings (SSSR count). The molecular weight excluding hydrogens is 308 g/mol. The third-order valence-corrected chi connectivity index (χ3v) is 5.97. The van der Waals surface area contributed by atoms with E-state index in [1.165, 1.54) is 47.6 Å². The van der Waals surface area contributed by atoms with Crippen LogP contribution in [0.15, 0.2) is 15.9 Å². The van der Waals surface area contributed by atoms with E-state index in [2.05, 4.69) is 44.8 Å². The number of hydrogen-bond donors (Lipinski definition) is 0. The van der Waals surface area contributed by atoms with Crippen LogP contribution in [0, 0.1) is 0 Å². The van der Waals surface area contributed by atoms with Gasteiger partial charge in [0.05, 0.1) is 3.79 Å². The minimum absolute atomic E-state index is 0.750. The minimum Gasteiger partial charge on any atom is -0.298 e. The maximum atomic E-state index is 3.57. The first-order valence-electron chi connectivity index (χ1n) is 6.98. The van der Waals surface area contributed by atoms with Crippen molar-refractivity contribution in [1.29, 1.82) is 0 Å². The number of rotatable bonds is 3. The molecular formula is C14H21BrN2S. The zero-order valence-corrected chi connectivity index (χ0v) is 13.3. The molecule has 0 N–H and O–H groups in total. The average molecular weight is 329 g/mol. The Labute approximate surface area is 122 Å². The first-order chi connectivity index (χ1) is 8.76. The Morgan fingerprint density at radius 3 is 3.00 bits per heavy atom. The molecule has 3 heterocycles. The highest BCUT2D eigenvalue weighted by atomic mass is 79.9. The lowest BCUT2D eigenvalue weighted by atomic mass is 10.1. The van der Waals surface area contributed by atoms with Crippen molar-refractivity contribution in [2.24, 2.45) is 0 Å². The molecule has 0 saturated carbocycles. The van der Waals surface area contributed by atoms with Gasteiger partial charge in [0.2, 0.25) is 0 Å².